The van der Waals surface area contributed by atoms with Gasteiger partial charge in [-0.3, -0.25) is 10.1 Å². The molecule has 1 aromatic rings. The van der Waals surface area contributed by atoms with Crippen molar-refractivity contribution in [3.8, 4) is 0 Å². The standard InChI is InChI=1S/C11H16ClN3O2/c1-4-11(3,5-2)14-10-8(15(16)17)6-7-9(12)13-10/h6-7H,4-5H2,1-3H3,(H,13,14). The zero-order chi connectivity index (χ0) is 13.1. The number of pyridine rings is 1. The van der Waals surface area contributed by atoms with Crippen molar-refractivity contribution >= 4 is 23.1 Å². The Hall–Kier alpha value is -1.36. The van der Waals surface area contributed by atoms with Crippen molar-refractivity contribution in [2.24, 2.45) is 0 Å². The summed E-state index contributed by atoms with van der Waals surface area (Å²) in [4.78, 5) is 14.4. The predicted molar refractivity (Wildman–Crippen MR) is 68.5 cm³/mol. The van der Waals surface area contributed by atoms with Crippen LogP contribution in [0.3, 0.4) is 0 Å². The third-order valence-electron chi connectivity index (χ3n) is 3.02. The smallest absolute Gasteiger partial charge is 0.311 e. The molecule has 17 heavy (non-hydrogen) atoms. The Labute approximate surface area is 105 Å². The van der Waals surface area contributed by atoms with Gasteiger partial charge in [0.15, 0.2) is 0 Å². The minimum Gasteiger partial charge on any atom is -0.359 e. The number of halogens is 1. The molecule has 0 fully saturated rings. The topological polar surface area (TPSA) is 68.1 Å². The normalized spacial score (nSPS) is 11.3. The first-order valence-electron chi connectivity index (χ1n) is 5.51. The fourth-order valence-electron chi connectivity index (χ4n) is 1.38. The lowest BCUT2D eigenvalue weighted by Gasteiger charge is -2.28. The molecule has 0 atom stereocenters. The van der Waals surface area contributed by atoms with E-state index in [-0.39, 0.29) is 22.2 Å². The van der Waals surface area contributed by atoms with Crippen LogP contribution in [-0.4, -0.2) is 15.4 Å². The van der Waals surface area contributed by atoms with Gasteiger partial charge in [-0.2, -0.15) is 0 Å². The highest BCUT2D eigenvalue weighted by Gasteiger charge is 2.25. The van der Waals surface area contributed by atoms with Gasteiger partial charge in [-0.1, -0.05) is 25.4 Å². The van der Waals surface area contributed by atoms with E-state index in [0.29, 0.717) is 0 Å². The second-order valence-electron chi connectivity index (χ2n) is 4.15. The predicted octanol–water partition coefficient (Wildman–Crippen LogP) is 3.63. The number of nitro groups is 1. The molecule has 1 heterocycles. The molecule has 94 valence electrons. The summed E-state index contributed by atoms with van der Waals surface area (Å²) in [6.07, 6.45) is 1.68. The molecule has 1 rings (SSSR count). The van der Waals surface area contributed by atoms with Crippen LogP contribution in [-0.2, 0) is 0 Å². The van der Waals surface area contributed by atoms with Gasteiger partial charge in [-0.15, -0.1) is 0 Å². The Balaban J connectivity index is 3.12. The van der Waals surface area contributed by atoms with Crippen LogP contribution in [0.2, 0.25) is 5.15 Å². The molecule has 0 aliphatic rings. The number of aromatic nitrogens is 1. The number of hydrogen-bond donors (Lipinski definition) is 1. The van der Waals surface area contributed by atoms with Crippen LogP contribution in [0.5, 0.6) is 0 Å². The maximum atomic E-state index is 10.9. The molecule has 0 bridgehead atoms. The number of nitrogens with zero attached hydrogens (tertiary/aromatic N) is 2. The third kappa shape index (κ3) is 3.30. The van der Waals surface area contributed by atoms with E-state index in [9.17, 15) is 10.1 Å². The van der Waals surface area contributed by atoms with Crippen LogP contribution in [0.4, 0.5) is 11.5 Å². The van der Waals surface area contributed by atoms with Crippen molar-refractivity contribution in [1.29, 1.82) is 0 Å². The summed E-state index contributed by atoms with van der Waals surface area (Å²) >= 11 is 5.76. The monoisotopic (exact) mass is 257 g/mol. The lowest BCUT2D eigenvalue weighted by Crippen LogP contribution is -2.33. The lowest BCUT2D eigenvalue weighted by atomic mass is 9.95. The molecule has 0 spiro atoms. The van der Waals surface area contributed by atoms with Gasteiger partial charge in [-0.05, 0) is 25.8 Å². The maximum Gasteiger partial charge on any atom is 0.311 e. The Morgan fingerprint density at radius 2 is 2.06 bits per heavy atom. The molecular weight excluding hydrogens is 242 g/mol. The molecule has 0 aliphatic carbocycles. The van der Waals surface area contributed by atoms with Crippen molar-refractivity contribution in [3.05, 3.63) is 27.4 Å². The Bertz CT molecular complexity index is 419. The molecule has 5 nitrogen and oxygen atoms in total. The highest BCUT2D eigenvalue weighted by atomic mass is 35.5. The van der Waals surface area contributed by atoms with Gasteiger partial charge >= 0.3 is 5.69 Å². The molecule has 0 amide bonds. The van der Waals surface area contributed by atoms with Gasteiger partial charge in [0, 0.05) is 11.6 Å². The molecule has 0 saturated carbocycles. The van der Waals surface area contributed by atoms with Gasteiger partial charge in [-0.25, -0.2) is 4.98 Å². The summed E-state index contributed by atoms with van der Waals surface area (Å²) in [7, 11) is 0. The molecule has 6 heteroatoms. The van der Waals surface area contributed by atoms with Crippen molar-refractivity contribution < 1.29 is 4.92 Å². The summed E-state index contributed by atoms with van der Waals surface area (Å²) in [5, 5.41) is 14.2. The zero-order valence-corrected chi connectivity index (χ0v) is 10.9. The minimum absolute atomic E-state index is 0.0532. The van der Waals surface area contributed by atoms with Gasteiger partial charge < -0.3 is 5.32 Å². The number of hydrogen-bond acceptors (Lipinski definition) is 4. The average molecular weight is 258 g/mol. The van der Waals surface area contributed by atoms with Crippen LogP contribution >= 0.6 is 11.6 Å². The van der Waals surface area contributed by atoms with Crippen molar-refractivity contribution in [1.82, 2.24) is 4.98 Å². The molecule has 1 aromatic heterocycles. The van der Waals surface area contributed by atoms with E-state index in [4.69, 9.17) is 11.6 Å². The van der Waals surface area contributed by atoms with Crippen LogP contribution in [0.25, 0.3) is 0 Å². The fourth-order valence-corrected chi connectivity index (χ4v) is 1.53. The van der Waals surface area contributed by atoms with Crippen LogP contribution < -0.4 is 5.32 Å². The van der Waals surface area contributed by atoms with Gasteiger partial charge in [0.05, 0.1) is 4.92 Å². The van der Waals surface area contributed by atoms with E-state index >= 15 is 0 Å². The Kier molecular flexibility index (Phi) is 4.28. The van der Waals surface area contributed by atoms with E-state index in [1.165, 1.54) is 12.1 Å². The quantitative estimate of drug-likeness (QED) is 0.497. The fraction of sp³-hybridized carbons (Fsp3) is 0.545. The summed E-state index contributed by atoms with van der Waals surface area (Å²) < 4.78 is 0. The van der Waals surface area contributed by atoms with Crippen LogP contribution in [0, 0.1) is 10.1 Å². The summed E-state index contributed by atoms with van der Waals surface area (Å²) in [5.41, 5.74) is -0.273. The van der Waals surface area contributed by atoms with E-state index in [1.807, 2.05) is 20.8 Å². The zero-order valence-electron chi connectivity index (χ0n) is 10.2. The molecule has 0 unspecified atom stereocenters. The second kappa shape index (κ2) is 5.31. The van der Waals surface area contributed by atoms with E-state index in [0.717, 1.165) is 12.8 Å². The molecule has 0 radical (unpaired) electrons. The molecular formula is C11H16ClN3O2. The average Bonchev–Trinajstić information content (AvgIpc) is 2.28. The SMILES string of the molecule is CCC(C)(CC)Nc1nc(Cl)ccc1[N+](=O)[O-]. The Morgan fingerprint density at radius 1 is 1.47 bits per heavy atom. The van der Waals surface area contributed by atoms with E-state index in [1.54, 1.807) is 0 Å². The first kappa shape index (κ1) is 13.7. The van der Waals surface area contributed by atoms with Crippen molar-refractivity contribution in [3.63, 3.8) is 0 Å². The highest BCUT2D eigenvalue weighted by Crippen LogP contribution is 2.29. The van der Waals surface area contributed by atoms with Gasteiger partial charge in [0.1, 0.15) is 5.15 Å². The summed E-state index contributed by atoms with van der Waals surface area (Å²) in [5.74, 6) is 0.230. The van der Waals surface area contributed by atoms with Crippen LogP contribution in [0.1, 0.15) is 33.6 Å². The van der Waals surface area contributed by atoms with Crippen molar-refractivity contribution in [2.75, 3.05) is 5.32 Å². The number of anilines is 1. The number of nitrogens with one attached hydrogen (secondary N) is 1. The first-order chi connectivity index (χ1) is 7.91. The first-order valence-corrected chi connectivity index (χ1v) is 5.88. The van der Waals surface area contributed by atoms with E-state index < -0.39 is 4.92 Å². The number of rotatable bonds is 5. The largest absolute Gasteiger partial charge is 0.359 e. The van der Waals surface area contributed by atoms with E-state index in [2.05, 4.69) is 10.3 Å². The molecule has 1 N–H and O–H groups in total. The third-order valence-corrected chi connectivity index (χ3v) is 3.23. The van der Waals surface area contributed by atoms with Crippen molar-refractivity contribution in [2.45, 2.75) is 39.2 Å². The summed E-state index contributed by atoms with van der Waals surface area (Å²) in [6.45, 7) is 6.04. The Morgan fingerprint density at radius 3 is 2.53 bits per heavy atom. The van der Waals surface area contributed by atoms with Gasteiger partial charge in [0.2, 0.25) is 5.82 Å². The van der Waals surface area contributed by atoms with Gasteiger partial charge in [0.25, 0.3) is 0 Å². The second-order valence-corrected chi connectivity index (χ2v) is 4.54. The lowest BCUT2D eigenvalue weighted by molar-refractivity contribution is -0.384. The summed E-state index contributed by atoms with van der Waals surface area (Å²) in [6, 6.07) is 2.78. The minimum atomic E-state index is -0.461. The van der Waals surface area contributed by atoms with Crippen LogP contribution in [0.15, 0.2) is 12.1 Å². The molecule has 0 aromatic carbocycles. The molecule has 0 saturated heterocycles. The maximum absolute atomic E-state index is 10.9. The molecule has 0 aliphatic heterocycles. The highest BCUT2D eigenvalue weighted by molar-refractivity contribution is 6.29.